The van der Waals surface area contributed by atoms with Gasteiger partial charge in [-0.1, -0.05) is 12.8 Å². The Kier molecular flexibility index (Phi) is 4.98. The molecule has 2 aliphatic rings. The van der Waals surface area contributed by atoms with E-state index < -0.39 is 10.8 Å². The topological polar surface area (TPSA) is 49.4 Å². The molecule has 2 aliphatic heterocycles. The Morgan fingerprint density at radius 3 is 2.35 bits per heavy atom. The van der Waals surface area contributed by atoms with Crippen molar-refractivity contribution in [3.8, 4) is 0 Å². The van der Waals surface area contributed by atoms with E-state index in [9.17, 15) is 9.00 Å². The van der Waals surface area contributed by atoms with Gasteiger partial charge in [0, 0.05) is 42.7 Å². The molecule has 4 nitrogen and oxygen atoms in total. The van der Waals surface area contributed by atoms with Crippen molar-refractivity contribution in [2.24, 2.45) is 5.92 Å². The summed E-state index contributed by atoms with van der Waals surface area (Å²) >= 11 is 0. The molecule has 0 radical (unpaired) electrons. The summed E-state index contributed by atoms with van der Waals surface area (Å²) in [7, 11) is -0.967. The highest BCUT2D eigenvalue weighted by Crippen LogP contribution is 2.11. The first-order valence-corrected chi connectivity index (χ1v) is 8.08. The third kappa shape index (κ3) is 4.07. The third-order valence-corrected chi connectivity index (χ3v) is 4.94. The van der Waals surface area contributed by atoms with Crippen LogP contribution in [0, 0.1) is 5.92 Å². The number of hydrogen-bond donors (Lipinski definition) is 1. The quantitative estimate of drug-likeness (QED) is 0.792. The minimum absolute atomic E-state index is 0.0949. The van der Waals surface area contributed by atoms with Crippen molar-refractivity contribution in [1.29, 1.82) is 0 Å². The van der Waals surface area contributed by atoms with Gasteiger partial charge in [-0.15, -0.1) is 0 Å². The van der Waals surface area contributed by atoms with Crippen molar-refractivity contribution in [3.05, 3.63) is 0 Å². The molecule has 17 heavy (non-hydrogen) atoms. The minimum atomic E-state index is -0.967. The Balaban J connectivity index is 1.72. The number of nitrogens with one attached hydrogen (secondary N) is 1. The maximum atomic E-state index is 12.0. The van der Waals surface area contributed by atoms with Crippen LogP contribution in [0.1, 0.15) is 25.7 Å². The van der Waals surface area contributed by atoms with Gasteiger partial charge in [-0.05, 0) is 18.8 Å². The lowest BCUT2D eigenvalue weighted by molar-refractivity contribution is -0.128. The fourth-order valence-electron chi connectivity index (χ4n) is 2.34. The monoisotopic (exact) mass is 258 g/mol. The van der Waals surface area contributed by atoms with E-state index in [0.29, 0.717) is 11.7 Å². The molecule has 2 saturated heterocycles. The summed E-state index contributed by atoms with van der Waals surface area (Å²) in [6.07, 6.45) is 4.65. The summed E-state index contributed by atoms with van der Waals surface area (Å²) in [6, 6.07) is 0. The molecule has 2 rings (SSSR count). The molecule has 2 heterocycles. The van der Waals surface area contributed by atoms with E-state index in [1.807, 2.05) is 4.90 Å². The van der Waals surface area contributed by atoms with Crippen molar-refractivity contribution >= 4 is 16.7 Å². The van der Waals surface area contributed by atoms with Crippen LogP contribution in [-0.2, 0) is 15.6 Å². The van der Waals surface area contributed by atoms with E-state index >= 15 is 0 Å². The molecule has 1 N–H and O–H groups in total. The van der Waals surface area contributed by atoms with Gasteiger partial charge < -0.3 is 10.2 Å². The fourth-order valence-corrected chi connectivity index (χ4v) is 3.67. The Morgan fingerprint density at radius 1 is 1.18 bits per heavy atom. The van der Waals surface area contributed by atoms with Crippen LogP contribution in [0.25, 0.3) is 0 Å². The summed E-state index contributed by atoms with van der Waals surface area (Å²) < 4.78 is 11.8. The lowest BCUT2D eigenvalue weighted by Gasteiger charge is -2.27. The normalized spacial score (nSPS) is 23.9. The third-order valence-electron chi connectivity index (χ3n) is 3.53. The highest BCUT2D eigenvalue weighted by molar-refractivity contribution is 7.85. The van der Waals surface area contributed by atoms with E-state index in [4.69, 9.17) is 0 Å². The Labute approximate surface area is 106 Å². The second-order valence-electron chi connectivity index (χ2n) is 5.07. The van der Waals surface area contributed by atoms with Gasteiger partial charge >= 0.3 is 0 Å². The molecule has 0 bridgehead atoms. The molecule has 0 aromatic carbocycles. The van der Waals surface area contributed by atoms with Crippen molar-refractivity contribution in [2.75, 3.05) is 37.7 Å². The second-order valence-corrected chi connectivity index (χ2v) is 6.57. The van der Waals surface area contributed by atoms with Crippen LogP contribution in [-0.4, -0.2) is 52.7 Å². The summed E-state index contributed by atoms with van der Waals surface area (Å²) in [5, 5.41) is 3.16. The summed E-state index contributed by atoms with van der Waals surface area (Å²) in [5.41, 5.74) is 0. The first kappa shape index (κ1) is 13.0. The Morgan fingerprint density at radius 2 is 1.82 bits per heavy atom. The SMILES string of the molecule is O=C(CS(=O)CC1CNC1)N1CCCCCC1. The van der Waals surface area contributed by atoms with Crippen LogP contribution in [0.3, 0.4) is 0 Å². The van der Waals surface area contributed by atoms with Crippen molar-refractivity contribution in [2.45, 2.75) is 25.7 Å². The first-order valence-electron chi connectivity index (χ1n) is 6.59. The van der Waals surface area contributed by atoms with Gasteiger partial charge in [0.1, 0.15) is 5.75 Å². The zero-order valence-electron chi connectivity index (χ0n) is 10.3. The van der Waals surface area contributed by atoms with Crippen LogP contribution < -0.4 is 5.32 Å². The average Bonchev–Trinajstić information content (AvgIpc) is 2.52. The molecule has 2 fully saturated rings. The summed E-state index contributed by atoms with van der Waals surface area (Å²) in [5.74, 6) is 1.54. The van der Waals surface area contributed by atoms with E-state index in [0.717, 1.165) is 39.0 Å². The zero-order chi connectivity index (χ0) is 12.1. The Bertz CT molecular complexity index is 284. The zero-order valence-corrected chi connectivity index (χ0v) is 11.1. The van der Waals surface area contributed by atoms with Crippen molar-refractivity contribution < 1.29 is 9.00 Å². The molecule has 1 amide bonds. The predicted octanol–water partition coefficient (Wildman–Crippen LogP) is 0.357. The molecule has 0 aromatic rings. The second kappa shape index (κ2) is 6.50. The molecular weight excluding hydrogens is 236 g/mol. The highest BCUT2D eigenvalue weighted by Gasteiger charge is 2.22. The maximum Gasteiger partial charge on any atom is 0.235 e. The number of carbonyl (C=O) groups excluding carboxylic acids is 1. The fraction of sp³-hybridized carbons (Fsp3) is 0.917. The van der Waals surface area contributed by atoms with Gasteiger partial charge in [-0.3, -0.25) is 9.00 Å². The summed E-state index contributed by atoms with van der Waals surface area (Å²) in [4.78, 5) is 13.9. The first-order chi connectivity index (χ1) is 8.25. The van der Waals surface area contributed by atoms with Crippen LogP contribution in [0.2, 0.25) is 0 Å². The molecule has 5 heteroatoms. The molecular formula is C12H22N2O2S. The van der Waals surface area contributed by atoms with Gasteiger partial charge in [0.05, 0.1) is 0 Å². The van der Waals surface area contributed by atoms with E-state index in [2.05, 4.69) is 5.32 Å². The lowest BCUT2D eigenvalue weighted by atomic mass is 10.1. The molecule has 1 atom stereocenters. The Hall–Kier alpha value is -0.420. The molecule has 0 aliphatic carbocycles. The number of rotatable bonds is 4. The lowest BCUT2D eigenvalue weighted by Crippen LogP contribution is -2.45. The largest absolute Gasteiger partial charge is 0.342 e. The van der Waals surface area contributed by atoms with Gasteiger partial charge in [0.2, 0.25) is 5.91 Å². The number of amides is 1. The van der Waals surface area contributed by atoms with Gasteiger partial charge in [0.15, 0.2) is 0 Å². The van der Waals surface area contributed by atoms with E-state index in [-0.39, 0.29) is 11.7 Å². The standard InChI is InChI=1S/C12H22N2O2S/c15-12(14-5-3-1-2-4-6-14)10-17(16)9-11-7-13-8-11/h11,13H,1-10H2. The minimum Gasteiger partial charge on any atom is -0.342 e. The van der Waals surface area contributed by atoms with Crippen molar-refractivity contribution in [1.82, 2.24) is 10.2 Å². The smallest absolute Gasteiger partial charge is 0.235 e. The number of likely N-dealkylation sites (tertiary alicyclic amines) is 1. The average molecular weight is 258 g/mol. The van der Waals surface area contributed by atoms with Crippen LogP contribution >= 0.6 is 0 Å². The van der Waals surface area contributed by atoms with Gasteiger partial charge in [0.25, 0.3) is 0 Å². The van der Waals surface area contributed by atoms with Gasteiger partial charge in [-0.25, -0.2) is 0 Å². The number of nitrogens with zero attached hydrogens (tertiary/aromatic N) is 1. The molecule has 0 aromatic heterocycles. The van der Waals surface area contributed by atoms with Crippen molar-refractivity contribution in [3.63, 3.8) is 0 Å². The number of hydrogen-bond acceptors (Lipinski definition) is 3. The van der Waals surface area contributed by atoms with Crippen LogP contribution in [0.4, 0.5) is 0 Å². The van der Waals surface area contributed by atoms with E-state index in [1.54, 1.807) is 0 Å². The highest BCUT2D eigenvalue weighted by atomic mass is 32.2. The van der Waals surface area contributed by atoms with Gasteiger partial charge in [-0.2, -0.15) is 0 Å². The van der Waals surface area contributed by atoms with Crippen LogP contribution in [0.5, 0.6) is 0 Å². The van der Waals surface area contributed by atoms with Crippen LogP contribution in [0.15, 0.2) is 0 Å². The number of carbonyl (C=O) groups is 1. The summed E-state index contributed by atoms with van der Waals surface area (Å²) in [6.45, 7) is 3.65. The molecule has 1 unspecified atom stereocenters. The van der Waals surface area contributed by atoms with E-state index in [1.165, 1.54) is 12.8 Å². The molecule has 0 spiro atoms. The molecule has 98 valence electrons. The predicted molar refractivity (Wildman–Crippen MR) is 69.3 cm³/mol. The molecule has 0 saturated carbocycles. The maximum absolute atomic E-state index is 12.0.